The van der Waals surface area contributed by atoms with Crippen molar-refractivity contribution in [3.05, 3.63) is 56.7 Å². The molecule has 0 amide bonds. The Balaban J connectivity index is 2.28. The van der Waals surface area contributed by atoms with E-state index < -0.39 is 10.0 Å². The van der Waals surface area contributed by atoms with Gasteiger partial charge in [0, 0.05) is 40.5 Å². The second-order valence-electron chi connectivity index (χ2n) is 4.34. The molecule has 1 heterocycles. The Bertz CT molecular complexity index is 769. The average molecular weight is 410 g/mol. The maximum absolute atomic E-state index is 12.5. The third kappa shape index (κ3) is 3.96. The molecule has 8 heteroatoms. The van der Waals surface area contributed by atoms with Gasteiger partial charge in [0.05, 0.1) is 0 Å². The van der Waals surface area contributed by atoms with Crippen LogP contribution in [0.15, 0.2) is 46.0 Å². The molecule has 0 aliphatic heterocycles. The minimum absolute atomic E-state index is 0.115. The fraction of sp³-hybridized carbons (Fsp3) is 0.154. The summed E-state index contributed by atoms with van der Waals surface area (Å²) >= 11 is 15.1. The van der Waals surface area contributed by atoms with Gasteiger partial charge in [-0.3, -0.25) is 4.98 Å². The Morgan fingerprint density at radius 3 is 2.57 bits per heavy atom. The van der Waals surface area contributed by atoms with E-state index in [9.17, 15) is 8.42 Å². The number of nitrogens with zero attached hydrogens (tertiary/aromatic N) is 2. The third-order valence-corrected chi connectivity index (χ3v) is 5.59. The lowest BCUT2D eigenvalue weighted by Crippen LogP contribution is -2.26. The van der Waals surface area contributed by atoms with Crippen LogP contribution in [0.3, 0.4) is 0 Å². The predicted molar refractivity (Wildman–Crippen MR) is 87.1 cm³/mol. The van der Waals surface area contributed by atoms with Gasteiger partial charge < -0.3 is 0 Å². The number of aromatic nitrogens is 1. The molecule has 0 spiro atoms. The standard InChI is InChI=1S/C13H11BrCl2N2O2S/c1-18(8-9-2-3-11(15)5-13(9)16)21(19,20)12-4-10(14)6-17-7-12/h2-7H,8H2,1H3. The van der Waals surface area contributed by atoms with Crippen LogP contribution in [0.2, 0.25) is 10.0 Å². The Kier molecular flexibility index (Phi) is 5.27. The molecular formula is C13H11BrCl2N2O2S. The van der Waals surface area contributed by atoms with Crippen molar-refractivity contribution in [1.29, 1.82) is 0 Å². The van der Waals surface area contributed by atoms with Crippen molar-refractivity contribution in [1.82, 2.24) is 9.29 Å². The molecule has 0 aliphatic rings. The first-order valence-corrected chi connectivity index (χ1v) is 8.80. The summed E-state index contributed by atoms with van der Waals surface area (Å²) in [5.41, 5.74) is 0.676. The number of hydrogen-bond acceptors (Lipinski definition) is 3. The first-order chi connectivity index (χ1) is 9.80. The Hall–Kier alpha value is -0.660. The Morgan fingerprint density at radius 1 is 1.24 bits per heavy atom. The molecule has 2 aromatic rings. The molecule has 0 fully saturated rings. The molecule has 4 nitrogen and oxygen atoms in total. The number of sulfonamides is 1. The number of rotatable bonds is 4. The summed E-state index contributed by atoms with van der Waals surface area (Å²) in [6, 6.07) is 6.46. The zero-order valence-corrected chi connectivity index (χ0v) is 14.8. The lowest BCUT2D eigenvalue weighted by Gasteiger charge is -2.18. The zero-order valence-electron chi connectivity index (χ0n) is 10.9. The van der Waals surface area contributed by atoms with Crippen LogP contribution in [0.4, 0.5) is 0 Å². The van der Waals surface area contributed by atoms with Crippen LogP contribution >= 0.6 is 39.1 Å². The van der Waals surface area contributed by atoms with Crippen molar-refractivity contribution in [2.75, 3.05) is 7.05 Å². The molecule has 0 saturated heterocycles. The molecule has 0 N–H and O–H groups in total. The van der Waals surface area contributed by atoms with E-state index in [0.29, 0.717) is 20.1 Å². The highest BCUT2D eigenvalue weighted by atomic mass is 79.9. The topological polar surface area (TPSA) is 50.3 Å². The highest BCUT2D eigenvalue weighted by Crippen LogP contribution is 2.24. The molecular weight excluding hydrogens is 399 g/mol. The molecule has 0 saturated carbocycles. The van der Waals surface area contributed by atoms with Crippen molar-refractivity contribution in [2.24, 2.45) is 0 Å². The quantitative estimate of drug-likeness (QED) is 0.767. The van der Waals surface area contributed by atoms with E-state index >= 15 is 0 Å². The number of hydrogen-bond donors (Lipinski definition) is 0. The van der Waals surface area contributed by atoms with E-state index in [0.717, 1.165) is 0 Å². The molecule has 21 heavy (non-hydrogen) atoms. The van der Waals surface area contributed by atoms with Gasteiger partial charge in [0.25, 0.3) is 0 Å². The Labute approximate surface area is 141 Å². The third-order valence-electron chi connectivity index (χ3n) is 2.80. The van der Waals surface area contributed by atoms with Crippen molar-refractivity contribution in [3.8, 4) is 0 Å². The van der Waals surface area contributed by atoms with E-state index in [-0.39, 0.29) is 11.4 Å². The number of benzene rings is 1. The molecule has 112 valence electrons. The van der Waals surface area contributed by atoms with E-state index in [2.05, 4.69) is 20.9 Å². The maximum Gasteiger partial charge on any atom is 0.244 e. The van der Waals surface area contributed by atoms with Crippen LogP contribution in [-0.2, 0) is 16.6 Å². The fourth-order valence-corrected chi connectivity index (χ4v) is 3.81. The molecule has 0 atom stereocenters. The van der Waals surface area contributed by atoms with Crippen LogP contribution in [0.5, 0.6) is 0 Å². The first kappa shape index (κ1) is 16.7. The lowest BCUT2D eigenvalue weighted by atomic mass is 10.2. The van der Waals surface area contributed by atoms with Gasteiger partial charge in [-0.05, 0) is 39.7 Å². The van der Waals surface area contributed by atoms with Gasteiger partial charge in [-0.2, -0.15) is 4.31 Å². The first-order valence-electron chi connectivity index (χ1n) is 5.81. The minimum Gasteiger partial charge on any atom is -0.262 e. The molecule has 0 aliphatic carbocycles. The van der Waals surface area contributed by atoms with Gasteiger partial charge in [0.15, 0.2) is 0 Å². The van der Waals surface area contributed by atoms with Crippen molar-refractivity contribution in [3.63, 3.8) is 0 Å². The second-order valence-corrected chi connectivity index (χ2v) is 8.14. The van der Waals surface area contributed by atoms with Crippen LogP contribution < -0.4 is 0 Å². The summed E-state index contributed by atoms with van der Waals surface area (Å²) in [6.45, 7) is 0.144. The monoisotopic (exact) mass is 408 g/mol. The second kappa shape index (κ2) is 6.62. The molecule has 2 rings (SSSR count). The van der Waals surface area contributed by atoms with Crippen molar-refractivity contribution >= 4 is 49.2 Å². The van der Waals surface area contributed by atoms with Crippen LogP contribution in [-0.4, -0.2) is 24.8 Å². The Morgan fingerprint density at radius 2 is 1.95 bits per heavy atom. The van der Waals surface area contributed by atoms with Gasteiger partial charge in [0.1, 0.15) is 4.90 Å². The summed E-state index contributed by atoms with van der Waals surface area (Å²) in [5.74, 6) is 0. The number of halogens is 3. The predicted octanol–water partition coefficient (Wildman–Crippen LogP) is 3.97. The average Bonchev–Trinajstić information content (AvgIpc) is 2.41. The largest absolute Gasteiger partial charge is 0.262 e. The van der Waals surface area contributed by atoms with E-state index in [1.807, 2.05) is 0 Å². The van der Waals surface area contributed by atoms with Crippen molar-refractivity contribution < 1.29 is 8.42 Å². The van der Waals surface area contributed by atoms with E-state index in [1.165, 1.54) is 29.8 Å². The van der Waals surface area contributed by atoms with Gasteiger partial charge in [-0.1, -0.05) is 29.3 Å². The SMILES string of the molecule is CN(Cc1ccc(Cl)cc1Cl)S(=O)(=O)c1cncc(Br)c1. The van der Waals surface area contributed by atoms with E-state index in [4.69, 9.17) is 23.2 Å². The van der Waals surface area contributed by atoms with Crippen LogP contribution in [0, 0.1) is 0 Å². The number of pyridine rings is 1. The summed E-state index contributed by atoms with van der Waals surface area (Å²) in [6.07, 6.45) is 2.83. The van der Waals surface area contributed by atoms with Gasteiger partial charge in [-0.15, -0.1) is 0 Å². The van der Waals surface area contributed by atoms with Gasteiger partial charge >= 0.3 is 0 Å². The molecule has 0 unspecified atom stereocenters. The normalized spacial score (nSPS) is 11.9. The van der Waals surface area contributed by atoms with Gasteiger partial charge in [-0.25, -0.2) is 8.42 Å². The molecule has 0 radical (unpaired) electrons. The zero-order chi connectivity index (χ0) is 15.6. The highest BCUT2D eigenvalue weighted by molar-refractivity contribution is 9.10. The smallest absolute Gasteiger partial charge is 0.244 e. The summed E-state index contributed by atoms with van der Waals surface area (Å²) in [7, 11) is -2.15. The van der Waals surface area contributed by atoms with E-state index in [1.54, 1.807) is 18.2 Å². The molecule has 1 aromatic heterocycles. The highest BCUT2D eigenvalue weighted by Gasteiger charge is 2.22. The maximum atomic E-state index is 12.5. The summed E-state index contributed by atoms with van der Waals surface area (Å²) < 4.78 is 26.7. The van der Waals surface area contributed by atoms with Gasteiger partial charge in [0.2, 0.25) is 10.0 Å². The fourth-order valence-electron chi connectivity index (χ4n) is 1.69. The summed E-state index contributed by atoms with van der Waals surface area (Å²) in [5, 5.41) is 0.933. The molecule has 1 aromatic carbocycles. The lowest BCUT2D eigenvalue weighted by molar-refractivity contribution is 0.466. The van der Waals surface area contributed by atoms with Crippen molar-refractivity contribution in [2.45, 2.75) is 11.4 Å². The molecule has 0 bridgehead atoms. The minimum atomic E-state index is -3.64. The summed E-state index contributed by atoms with van der Waals surface area (Å²) in [4.78, 5) is 3.99. The van der Waals surface area contributed by atoms with Crippen LogP contribution in [0.1, 0.15) is 5.56 Å². The van der Waals surface area contributed by atoms with Crippen LogP contribution in [0.25, 0.3) is 0 Å².